The van der Waals surface area contributed by atoms with Crippen LogP contribution >= 0.6 is 45.2 Å². The minimum absolute atomic E-state index is 0.360. The molecule has 0 radical (unpaired) electrons. The molecule has 0 atom stereocenters. The standard InChI is InChI=1S/C22H16I2N4O2/c23-19-7-3-1-5-17(19)13-25-27-21(29)15-9-11-16(12-10-15)22(30)28-26-14-18-6-2-4-8-20(18)24/h1-14H,(H,27,29)(H,28,30). The number of benzene rings is 3. The molecule has 0 spiro atoms. The fourth-order valence-corrected chi connectivity index (χ4v) is 3.44. The lowest BCUT2D eigenvalue weighted by Gasteiger charge is -2.03. The van der Waals surface area contributed by atoms with Gasteiger partial charge in [0.2, 0.25) is 0 Å². The molecule has 6 nitrogen and oxygen atoms in total. The smallest absolute Gasteiger partial charge is 0.267 e. The van der Waals surface area contributed by atoms with Gasteiger partial charge in [-0.05, 0) is 81.6 Å². The molecule has 0 aliphatic carbocycles. The van der Waals surface area contributed by atoms with Gasteiger partial charge in [-0.2, -0.15) is 10.2 Å². The number of rotatable bonds is 6. The van der Waals surface area contributed by atoms with Crippen molar-refractivity contribution in [2.75, 3.05) is 0 Å². The van der Waals surface area contributed by atoms with E-state index < -0.39 is 0 Å². The predicted molar refractivity (Wildman–Crippen MR) is 135 cm³/mol. The summed E-state index contributed by atoms with van der Waals surface area (Å²) in [6, 6.07) is 21.7. The van der Waals surface area contributed by atoms with Crippen LogP contribution in [0.15, 0.2) is 83.0 Å². The number of halogens is 2. The molecule has 0 saturated carbocycles. The summed E-state index contributed by atoms with van der Waals surface area (Å²) in [6.45, 7) is 0. The highest BCUT2D eigenvalue weighted by Gasteiger charge is 2.08. The summed E-state index contributed by atoms with van der Waals surface area (Å²) in [6.07, 6.45) is 3.18. The first-order valence-electron chi connectivity index (χ1n) is 8.80. The van der Waals surface area contributed by atoms with E-state index in [-0.39, 0.29) is 11.8 Å². The molecule has 3 aromatic rings. The number of nitrogens with zero attached hydrogens (tertiary/aromatic N) is 2. The Morgan fingerprint density at radius 2 is 1.00 bits per heavy atom. The summed E-state index contributed by atoms with van der Waals surface area (Å²) in [4.78, 5) is 24.4. The van der Waals surface area contributed by atoms with E-state index in [1.165, 1.54) is 0 Å². The van der Waals surface area contributed by atoms with Gasteiger partial charge in [-0.1, -0.05) is 36.4 Å². The molecule has 0 unspecified atom stereocenters. The molecule has 0 saturated heterocycles. The third-order valence-electron chi connectivity index (χ3n) is 3.96. The van der Waals surface area contributed by atoms with Crippen LogP contribution in [0.3, 0.4) is 0 Å². The summed E-state index contributed by atoms with van der Waals surface area (Å²) in [7, 11) is 0. The molecule has 0 aliphatic heterocycles. The molecule has 30 heavy (non-hydrogen) atoms. The molecule has 0 bridgehead atoms. The van der Waals surface area contributed by atoms with Gasteiger partial charge in [-0.3, -0.25) is 9.59 Å². The average molecular weight is 622 g/mol. The van der Waals surface area contributed by atoms with Crippen molar-refractivity contribution in [2.24, 2.45) is 10.2 Å². The van der Waals surface area contributed by atoms with Crippen LogP contribution in [0, 0.1) is 7.14 Å². The van der Waals surface area contributed by atoms with E-state index >= 15 is 0 Å². The Hall–Kier alpha value is -2.60. The Morgan fingerprint density at radius 3 is 1.37 bits per heavy atom. The number of hydrogen-bond donors (Lipinski definition) is 2. The number of amides is 2. The number of carbonyl (C=O) groups excluding carboxylic acids is 2. The maximum atomic E-state index is 12.2. The Labute approximate surface area is 201 Å². The highest BCUT2D eigenvalue weighted by molar-refractivity contribution is 14.1. The summed E-state index contributed by atoms with van der Waals surface area (Å²) in [5, 5.41) is 7.97. The van der Waals surface area contributed by atoms with Crippen molar-refractivity contribution >= 4 is 69.4 Å². The van der Waals surface area contributed by atoms with Gasteiger partial charge in [0.1, 0.15) is 0 Å². The quantitative estimate of drug-likeness (QED) is 0.243. The van der Waals surface area contributed by atoms with E-state index in [4.69, 9.17) is 0 Å². The van der Waals surface area contributed by atoms with Crippen molar-refractivity contribution in [1.29, 1.82) is 0 Å². The van der Waals surface area contributed by atoms with Gasteiger partial charge >= 0.3 is 0 Å². The number of hydrogen-bond acceptors (Lipinski definition) is 4. The summed E-state index contributed by atoms with van der Waals surface area (Å²) in [5.41, 5.74) is 7.59. The molecule has 150 valence electrons. The molecule has 2 amide bonds. The molecule has 2 N–H and O–H groups in total. The van der Waals surface area contributed by atoms with E-state index in [0.717, 1.165) is 18.3 Å². The van der Waals surface area contributed by atoms with Crippen LogP contribution in [0.4, 0.5) is 0 Å². The number of carbonyl (C=O) groups is 2. The Bertz CT molecular complexity index is 1020. The molecule has 0 heterocycles. The van der Waals surface area contributed by atoms with Crippen LogP contribution in [0.5, 0.6) is 0 Å². The van der Waals surface area contributed by atoms with Gasteiger partial charge in [0.15, 0.2) is 0 Å². The summed E-state index contributed by atoms with van der Waals surface area (Å²) in [5.74, 6) is -0.721. The van der Waals surface area contributed by atoms with Crippen molar-refractivity contribution in [3.63, 3.8) is 0 Å². The third kappa shape index (κ3) is 6.20. The van der Waals surface area contributed by atoms with Crippen LogP contribution in [0.25, 0.3) is 0 Å². The first-order valence-corrected chi connectivity index (χ1v) is 11.0. The van der Waals surface area contributed by atoms with E-state index in [0.29, 0.717) is 11.1 Å². The second-order valence-electron chi connectivity index (χ2n) is 6.02. The van der Waals surface area contributed by atoms with Gasteiger partial charge in [-0.15, -0.1) is 0 Å². The average Bonchev–Trinajstić information content (AvgIpc) is 2.76. The fourth-order valence-electron chi connectivity index (χ4n) is 2.38. The molecule has 8 heteroatoms. The van der Waals surface area contributed by atoms with Gasteiger partial charge in [0.05, 0.1) is 12.4 Å². The van der Waals surface area contributed by atoms with Crippen molar-refractivity contribution in [3.8, 4) is 0 Å². The van der Waals surface area contributed by atoms with E-state index in [1.807, 2.05) is 48.5 Å². The monoisotopic (exact) mass is 622 g/mol. The highest BCUT2D eigenvalue weighted by atomic mass is 127. The molecule has 3 aromatic carbocycles. The zero-order valence-corrected chi connectivity index (χ0v) is 19.9. The Morgan fingerprint density at radius 1 is 0.633 bits per heavy atom. The minimum Gasteiger partial charge on any atom is -0.267 e. The first kappa shape index (κ1) is 22.1. The first-order chi connectivity index (χ1) is 14.5. The van der Waals surface area contributed by atoms with Gasteiger partial charge < -0.3 is 0 Å². The lowest BCUT2D eigenvalue weighted by Crippen LogP contribution is -2.19. The second kappa shape index (κ2) is 11.0. The van der Waals surface area contributed by atoms with E-state index in [2.05, 4.69) is 66.2 Å². The van der Waals surface area contributed by atoms with Crippen molar-refractivity contribution in [1.82, 2.24) is 10.9 Å². The van der Waals surface area contributed by atoms with Crippen molar-refractivity contribution in [3.05, 3.63) is 102 Å². The van der Waals surface area contributed by atoms with E-state index in [9.17, 15) is 9.59 Å². The van der Waals surface area contributed by atoms with Gasteiger partial charge in [-0.25, -0.2) is 10.9 Å². The zero-order chi connectivity index (χ0) is 21.3. The zero-order valence-electron chi connectivity index (χ0n) is 15.5. The predicted octanol–water partition coefficient (Wildman–Crippen LogP) is 4.42. The molecule has 3 rings (SSSR count). The summed E-state index contributed by atoms with van der Waals surface area (Å²) < 4.78 is 2.07. The van der Waals surface area contributed by atoms with Gasteiger partial charge in [0.25, 0.3) is 11.8 Å². The molecular formula is C22H16I2N4O2. The Kier molecular flexibility index (Phi) is 8.08. The number of nitrogens with one attached hydrogen (secondary N) is 2. The normalized spacial score (nSPS) is 11.0. The van der Waals surface area contributed by atoms with Crippen LogP contribution in [0.2, 0.25) is 0 Å². The minimum atomic E-state index is -0.360. The van der Waals surface area contributed by atoms with Crippen LogP contribution in [-0.4, -0.2) is 24.2 Å². The maximum absolute atomic E-state index is 12.2. The fraction of sp³-hybridized carbons (Fsp3) is 0. The van der Waals surface area contributed by atoms with E-state index in [1.54, 1.807) is 36.7 Å². The lowest BCUT2D eigenvalue weighted by molar-refractivity contribution is 0.0943. The topological polar surface area (TPSA) is 82.9 Å². The van der Waals surface area contributed by atoms with Crippen molar-refractivity contribution in [2.45, 2.75) is 0 Å². The van der Waals surface area contributed by atoms with Crippen LogP contribution < -0.4 is 10.9 Å². The third-order valence-corrected chi connectivity index (χ3v) is 5.92. The van der Waals surface area contributed by atoms with Crippen molar-refractivity contribution < 1.29 is 9.59 Å². The molecule has 0 fully saturated rings. The molecule has 0 aliphatic rings. The van der Waals surface area contributed by atoms with Gasteiger partial charge in [0, 0.05) is 29.4 Å². The molecule has 0 aromatic heterocycles. The van der Waals surface area contributed by atoms with Crippen LogP contribution in [0.1, 0.15) is 31.8 Å². The maximum Gasteiger partial charge on any atom is 0.271 e. The van der Waals surface area contributed by atoms with Crippen LogP contribution in [-0.2, 0) is 0 Å². The second-order valence-corrected chi connectivity index (χ2v) is 8.34. The summed E-state index contributed by atoms with van der Waals surface area (Å²) >= 11 is 4.40. The highest BCUT2D eigenvalue weighted by Crippen LogP contribution is 2.10. The SMILES string of the molecule is O=C(NN=Cc1ccccc1I)c1ccc(C(=O)NN=Cc2ccccc2I)cc1. The number of hydrazone groups is 2. The molecular weight excluding hydrogens is 606 g/mol. The largest absolute Gasteiger partial charge is 0.271 e. The Balaban J connectivity index is 1.56. The lowest BCUT2D eigenvalue weighted by atomic mass is 10.1.